The Hall–Kier alpha value is -1.62. The summed E-state index contributed by atoms with van der Waals surface area (Å²) < 4.78 is 0.980. The molecule has 1 unspecified atom stereocenters. The van der Waals surface area contributed by atoms with Gasteiger partial charge in [0.1, 0.15) is 0 Å². The van der Waals surface area contributed by atoms with Gasteiger partial charge in [0, 0.05) is 22.2 Å². The quantitative estimate of drug-likeness (QED) is 0.847. The summed E-state index contributed by atoms with van der Waals surface area (Å²) in [6, 6.07) is 7.94. The zero-order valence-electron chi connectivity index (χ0n) is 12.1. The number of carboxylic acid groups (broad SMARTS) is 1. The van der Waals surface area contributed by atoms with Gasteiger partial charge in [-0.3, -0.25) is 4.79 Å². The molecule has 1 aliphatic heterocycles. The first-order valence-electron chi connectivity index (χ1n) is 6.89. The summed E-state index contributed by atoms with van der Waals surface area (Å²) in [6.45, 7) is 3.72. The van der Waals surface area contributed by atoms with Gasteiger partial charge in [0.2, 0.25) is 0 Å². The second-order valence-electron chi connectivity index (χ2n) is 5.27. The lowest BCUT2D eigenvalue weighted by Gasteiger charge is -2.26. The number of hydrogen-bond acceptors (Lipinski definition) is 2. The van der Waals surface area contributed by atoms with Crippen molar-refractivity contribution in [2.24, 2.45) is 0 Å². The van der Waals surface area contributed by atoms with Crippen molar-refractivity contribution in [2.45, 2.75) is 32.7 Å². The van der Waals surface area contributed by atoms with Crippen LogP contribution in [0.3, 0.4) is 0 Å². The lowest BCUT2D eigenvalue weighted by atomic mass is 10.0. The van der Waals surface area contributed by atoms with Crippen LogP contribution in [0.1, 0.15) is 38.3 Å². The molecule has 0 saturated carbocycles. The van der Waals surface area contributed by atoms with Crippen LogP contribution in [0.4, 0.5) is 0 Å². The Labute approximate surface area is 132 Å². The number of nitrogens with zero attached hydrogens (tertiary/aromatic N) is 1. The number of hydrogen-bond donors (Lipinski definition) is 1. The van der Waals surface area contributed by atoms with Gasteiger partial charge in [-0.2, -0.15) is 0 Å². The van der Waals surface area contributed by atoms with Crippen molar-refractivity contribution in [3.05, 3.63) is 45.4 Å². The van der Waals surface area contributed by atoms with Crippen LogP contribution >= 0.6 is 15.9 Å². The number of carbonyl (C=O) groups excluding carboxylic acids is 1. The van der Waals surface area contributed by atoms with E-state index < -0.39 is 5.97 Å². The summed E-state index contributed by atoms with van der Waals surface area (Å²) in [4.78, 5) is 25.4. The predicted octanol–water partition coefficient (Wildman–Crippen LogP) is 3.53. The molecule has 1 atom stereocenters. The molecule has 0 aromatic heterocycles. The maximum Gasteiger partial charge on any atom is 0.331 e. The molecular formula is C16H18BrNO3. The highest BCUT2D eigenvalue weighted by Crippen LogP contribution is 2.34. The van der Waals surface area contributed by atoms with Crippen molar-refractivity contribution < 1.29 is 14.7 Å². The van der Waals surface area contributed by atoms with Crippen molar-refractivity contribution in [3.63, 3.8) is 0 Å². The molecule has 1 N–H and O–H groups in total. The van der Waals surface area contributed by atoms with Crippen LogP contribution in [0.25, 0.3) is 0 Å². The SMILES string of the molecule is CC(C(=O)O)=C(C)C(=O)N1CCCC1c1cccc(Br)c1. The minimum Gasteiger partial charge on any atom is -0.478 e. The first-order valence-corrected chi connectivity index (χ1v) is 7.68. The van der Waals surface area contributed by atoms with E-state index in [1.165, 1.54) is 6.92 Å². The minimum atomic E-state index is -1.04. The van der Waals surface area contributed by atoms with Gasteiger partial charge in [0.25, 0.3) is 5.91 Å². The van der Waals surface area contributed by atoms with Gasteiger partial charge < -0.3 is 10.0 Å². The summed E-state index contributed by atoms with van der Waals surface area (Å²) in [5, 5.41) is 9.03. The second kappa shape index (κ2) is 6.43. The largest absolute Gasteiger partial charge is 0.478 e. The number of carbonyl (C=O) groups is 2. The summed E-state index contributed by atoms with van der Waals surface area (Å²) in [5.41, 5.74) is 1.50. The molecule has 21 heavy (non-hydrogen) atoms. The molecular weight excluding hydrogens is 334 g/mol. The first-order chi connectivity index (χ1) is 9.91. The number of likely N-dealkylation sites (tertiary alicyclic amines) is 1. The van der Waals surface area contributed by atoms with Gasteiger partial charge >= 0.3 is 5.97 Å². The van der Waals surface area contributed by atoms with Gasteiger partial charge in [0.15, 0.2) is 0 Å². The number of benzene rings is 1. The second-order valence-corrected chi connectivity index (χ2v) is 6.18. The Morgan fingerprint density at radius 1 is 1.29 bits per heavy atom. The van der Waals surface area contributed by atoms with E-state index in [0.29, 0.717) is 12.1 Å². The molecule has 1 amide bonds. The van der Waals surface area contributed by atoms with E-state index in [2.05, 4.69) is 15.9 Å². The van der Waals surface area contributed by atoms with Crippen LogP contribution in [0.15, 0.2) is 39.9 Å². The molecule has 0 spiro atoms. The van der Waals surface area contributed by atoms with E-state index in [9.17, 15) is 9.59 Å². The fraction of sp³-hybridized carbons (Fsp3) is 0.375. The molecule has 4 nitrogen and oxygen atoms in total. The maximum absolute atomic E-state index is 12.6. The van der Waals surface area contributed by atoms with Crippen molar-refractivity contribution in [2.75, 3.05) is 6.54 Å². The number of carboxylic acids is 1. The monoisotopic (exact) mass is 351 g/mol. The Morgan fingerprint density at radius 2 is 2.00 bits per heavy atom. The molecule has 0 aliphatic carbocycles. The summed E-state index contributed by atoms with van der Waals surface area (Å²) in [5.74, 6) is -1.23. The number of amides is 1. The highest BCUT2D eigenvalue weighted by atomic mass is 79.9. The molecule has 1 aliphatic rings. The molecule has 0 radical (unpaired) electrons. The first kappa shape index (κ1) is 15.8. The minimum absolute atomic E-state index is 0.0199. The highest BCUT2D eigenvalue weighted by molar-refractivity contribution is 9.10. The van der Waals surface area contributed by atoms with E-state index in [1.807, 2.05) is 24.3 Å². The van der Waals surface area contributed by atoms with E-state index >= 15 is 0 Å². The smallest absolute Gasteiger partial charge is 0.331 e. The summed E-state index contributed by atoms with van der Waals surface area (Å²) in [6.07, 6.45) is 1.84. The van der Waals surface area contributed by atoms with Gasteiger partial charge in [-0.05, 0) is 44.4 Å². The molecule has 2 rings (SSSR count). The Bertz CT molecular complexity index is 609. The Balaban J connectivity index is 2.29. The summed E-state index contributed by atoms with van der Waals surface area (Å²) >= 11 is 3.45. The van der Waals surface area contributed by atoms with Gasteiger partial charge in [-0.25, -0.2) is 4.79 Å². The zero-order valence-corrected chi connectivity index (χ0v) is 13.7. The lowest BCUT2D eigenvalue weighted by Crippen LogP contribution is -2.32. The fourth-order valence-corrected chi connectivity index (χ4v) is 3.02. The number of aliphatic carboxylic acids is 1. The van der Waals surface area contributed by atoms with Gasteiger partial charge in [-0.1, -0.05) is 28.1 Å². The Kier molecular flexibility index (Phi) is 4.83. The van der Waals surface area contributed by atoms with Crippen LogP contribution in [-0.4, -0.2) is 28.4 Å². The zero-order chi connectivity index (χ0) is 15.6. The van der Waals surface area contributed by atoms with Crippen LogP contribution in [0.5, 0.6) is 0 Å². The molecule has 1 aromatic rings. The molecule has 1 heterocycles. The average molecular weight is 352 g/mol. The fourth-order valence-electron chi connectivity index (χ4n) is 2.61. The van der Waals surface area contributed by atoms with Gasteiger partial charge in [-0.15, -0.1) is 0 Å². The molecule has 0 bridgehead atoms. The highest BCUT2D eigenvalue weighted by Gasteiger charge is 2.31. The van der Waals surface area contributed by atoms with E-state index in [0.717, 1.165) is 22.9 Å². The molecule has 1 saturated heterocycles. The van der Waals surface area contributed by atoms with E-state index in [1.54, 1.807) is 11.8 Å². The number of halogens is 1. The topological polar surface area (TPSA) is 57.6 Å². The molecule has 1 aromatic carbocycles. The van der Waals surface area contributed by atoms with Crippen LogP contribution in [-0.2, 0) is 9.59 Å². The number of rotatable bonds is 3. The van der Waals surface area contributed by atoms with Crippen LogP contribution in [0.2, 0.25) is 0 Å². The van der Waals surface area contributed by atoms with Crippen molar-refractivity contribution in [1.29, 1.82) is 0 Å². The normalized spacial score (nSPS) is 19.4. The average Bonchev–Trinajstić information content (AvgIpc) is 2.94. The van der Waals surface area contributed by atoms with Crippen molar-refractivity contribution in [3.8, 4) is 0 Å². The molecule has 1 fully saturated rings. The maximum atomic E-state index is 12.6. The standard InChI is InChI=1S/C16H18BrNO3/c1-10(11(2)16(20)21)15(19)18-8-4-7-14(18)12-5-3-6-13(17)9-12/h3,5-6,9,14H,4,7-8H2,1-2H3,(H,20,21). The summed E-state index contributed by atoms with van der Waals surface area (Å²) in [7, 11) is 0. The third-order valence-corrected chi connectivity index (χ3v) is 4.44. The van der Waals surface area contributed by atoms with Gasteiger partial charge in [0.05, 0.1) is 6.04 Å². The lowest BCUT2D eigenvalue weighted by molar-refractivity contribution is -0.134. The van der Waals surface area contributed by atoms with Crippen LogP contribution in [0, 0.1) is 0 Å². The van der Waals surface area contributed by atoms with Crippen LogP contribution < -0.4 is 0 Å². The Morgan fingerprint density at radius 3 is 2.62 bits per heavy atom. The predicted molar refractivity (Wildman–Crippen MR) is 83.8 cm³/mol. The third kappa shape index (κ3) is 3.35. The third-order valence-electron chi connectivity index (χ3n) is 3.95. The van der Waals surface area contributed by atoms with Crippen molar-refractivity contribution in [1.82, 2.24) is 4.90 Å². The molecule has 5 heteroatoms. The van der Waals surface area contributed by atoms with E-state index in [-0.39, 0.29) is 17.5 Å². The van der Waals surface area contributed by atoms with Crippen molar-refractivity contribution >= 4 is 27.8 Å². The van der Waals surface area contributed by atoms with E-state index in [4.69, 9.17) is 5.11 Å². The molecule has 112 valence electrons.